The summed E-state index contributed by atoms with van der Waals surface area (Å²) in [5.41, 5.74) is 0.891. The van der Waals surface area contributed by atoms with Gasteiger partial charge in [-0.2, -0.15) is 0 Å². The minimum absolute atomic E-state index is 0.330. The molecule has 0 N–H and O–H groups in total. The molecule has 0 amide bonds. The molecule has 0 bridgehead atoms. The lowest BCUT2D eigenvalue weighted by Crippen LogP contribution is -1.98. The summed E-state index contributed by atoms with van der Waals surface area (Å²) in [5, 5.41) is 0. The van der Waals surface area contributed by atoms with Crippen molar-refractivity contribution in [3.8, 4) is 5.75 Å². The van der Waals surface area contributed by atoms with Crippen molar-refractivity contribution in [2.45, 2.75) is 10.6 Å². The first-order chi connectivity index (χ1) is 9.10. The fraction of sp³-hybridized carbons (Fsp3) is 0.143. The van der Waals surface area contributed by atoms with Crippen molar-refractivity contribution < 1.29 is 13.3 Å². The van der Waals surface area contributed by atoms with Gasteiger partial charge in [-0.1, -0.05) is 15.9 Å². The lowest BCUT2D eigenvalue weighted by molar-refractivity contribution is 0.414. The highest BCUT2D eigenvalue weighted by molar-refractivity contribution is 9.10. The van der Waals surface area contributed by atoms with Crippen LogP contribution in [0.5, 0.6) is 5.75 Å². The molecule has 19 heavy (non-hydrogen) atoms. The summed E-state index contributed by atoms with van der Waals surface area (Å²) in [6.45, 7) is 0. The number of hydrogen-bond donors (Lipinski definition) is 0. The molecule has 100 valence electrons. The number of hydrogen-bond acceptors (Lipinski definition) is 2. The average Bonchev–Trinajstić information content (AvgIpc) is 2.42. The monoisotopic (exact) mass is 342 g/mol. The van der Waals surface area contributed by atoms with Crippen LogP contribution in [0, 0.1) is 5.82 Å². The van der Waals surface area contributed by atoms with Crippen LogP contribution in [0.4, 0.5) is 4.39 Å². The predicted molar refractivity (Wildman–Crippen MR) is 77.2 cm³/mol. The highest BCUT2D eigenvalue weighted by Crippen LogP contribution is 2.25. The summed E-state index contributed by atoms with van der Waals surface area (Å²) >= 11 is 3.42. The quantitative estimate of drug-likeness (QED) is 0.842. The zero-order valence-electron chi connectivity index (χ0n) is 10.2. The summed E-state index contributed by atoms with van der Waals surface area (Å²) in [6.07, 6.45) is 0. The molecule has 0 aliphatic rings. The SMILES string of the molecule is COc1ccc(Br)c(CS(=O)c2ccc(F)cc2)c1. The summed E-state index contributed by atoms with van der Waals surface area (Å²) in [5.74, 6) is 0.737. The Labute approximate surface area is 122 Å². The average molecular weight is 343 g/mol. The topological polar surface area (TPSA) is 26.3 Å². The van der Waals surface area contributed by atoms with E-state index in [2.05, 4.69) is 15.9 Å². The van der Waals surface area contributed by atoms with E-state index in [0.717, 1.165) is 10.0 Å². The molecule has 0 spiro atoms. The van der Waals surface area contributed by atoms with E-state index in [4.69, 9.17) is 4.74 Å². The molecule has 0 radical (unpaired) electrons. The van der Waals surface area contributed by atoms with E-state index >= 15 is 0 Å². The van der Waals surface area contributed by atoms with Crippen LogP contribution in [-0.4, -0.2) is 11.3 Å². The van der Waals surface area contributed by atoms with Crippen LogP contribution in [0.2, 0.25) is 0 Å². The zero-order valence-corrected chi connectivity index (χ0v) is 12.6. The van der Waals surface area contributed by atoms with Crippen molar-refractivity contribution in [3.63, 3.8) is 0 Å². The van der Waals surface area contributed by atoms with Gasteiger partial charge in [-0.05, 0) is 48.0 Å². The summed E-state index contributed by atoms with van der Waals surface area (Å²) in [6, 6.07) is 11.2. The molecule has 0 saturated carbocycles. The minimum atomic E-state index is -1.22. The van der Waals surface area contributed by atoms with Gasteiger partial charge in [0.25, 0.3) is 0 Å². The summed E-state index contributed by atoms with van der Waals surface area (Å²) in [7, 11) is 0.372. The number of benzene rings is 2. The normalized spacial score (nSPS) is 12.2. The van der Waals surface area contributed by atoms with E-state index in [0.29, 0.717) is 16.4 Å². The highest BCUT2D eigenvalue weighted by Gasteiger charge is 2.09. The van der Waals surface area contributed by atoms with Gasteiger partial charge in [-0.3, -0.25) is 4.21 Å². The van der Waals surface area contributed by atoms with Gasteiger partial charge in [-0.25, -0.2) is 4.39 Å². The number of methoxy groups -OCH3 is 1. The molecule has 0 heterocycles. The summed E-state index contributed by atoms with van der Waals surface area (Å²) < 4.78 is 31.0. The van der Waals surface area contributed by atoms with E-state index in [-0.39, 0.29) is 5.82 Å². The number of halogens is 2. The Balaban J connectivity index is 2.21. The smallest absolute Gasteiger partial charge is 0.123 e. The molecule has 2 rings (SSSR count). The van der Waals surface area contributed by atoms with Crippen LogP contribution in [0.1, 0.15) is 5.56 Å². The Morgan fingerprint density at radius 3 is 2.53 bits per heavy atom. The van der Waals surface area contributed by atoms with E-state index in [9.17, 15) is 8.60 Å². The third-order valence-corrected chi connectivity index (χ3v) is 4.76. The molecule has 0 aromatic heterocycles. The van der Waals surface area contributed by atoms with Gasteiger partial charge >= 0.3 is 0 Å². The third kappa shape index (κ3) is 3.64. The molecule has 0 aliphatic heterocycles. The largest absolute Gasteiger partial charge is 0.497 e. The maximum atomic E-state index is 12.8. The van der Waals surface area contributed by atoms with E-state index in [1.165, 1.54) is 12.1 Å². The Morgan fingerprint density at radius 2 is 1.89 bits per heavy atom. The van der Waals surface area contributed by atoms with Crippen molar-refractivity contribution in [1.29, 1.82) is 0 Å². The molecule has 0 aliphatic carbocycles. The molecule has 2 aromatic carbocycles. The second-order valence-corrected chi connectivity index (χ2v) is 6.21. The van der Waals surface area contributed by atoms with Gasteiger partial charge < -0.3 is 4.74 Å². The van der Waals surface area contributed by atoms with Gasteiger partial charge in [0, 0.05) is 9.37 Å². The van der Waals surface area contributed by atoms with Crippen LogP contribution < -0.4 is 4.74 Å². The molecular weight excluding hydrogens is 331 g/mol. The first kappa shape index (κ1) is 14.2. The Bertz CT molecular complexity index is 599. The van der Waals surface area contributed by atoms with E-state index in [1.54, 1.807) is 19.2 Å². The van der Waals surface area contributed by atoms with Gasteiger partial charge in [-0.15, -0.1) is 0 Å². The van der Waals surface area contributed by atoms with Gasteiger partial charge in [0.1, 0.15) is 11.6 Å². The molecular formula is C14H12BrFO2S. The fourth-order valence-electron chi connectivity index (χ4n) is 1.60. The standard InChI is InChI=1S/C14H12BrFO2S/c1-18-12-4-7-14(15)10(8-12)9-19(17)13-5-2-11(16)3-6-13/h2-8H,9H2,1H3. The van der Waals surface area contributed by atoms with Crippen molar-refractivity contribution in [2.24, 2.45) is 0 Å². The van der Waals surface area contributed by atoms with E-state index in [1.807, 2.05) is 18.2 Å². The second kappa shape index (κ2) is 6.30. The van der Waals surface area contributed by atoms with Crippen LogP contribution in [-0.2, 0) is 16.6 Å². The van der Waals surface area contributed by atoms with Crippen molar-refractivity contribution in [2.75, 3.05) is 7.11 Å². The molecule has 1 unspecified atom stereocenters. The van der Waals surface area contributed by atoms with Crippen LogP contribution in [0.15, 0.2) is 51.8 Å². The van der Waals surface area contributed by atoms with Crippen LogP contribution >= 0.6 is 15.9 Å². The van der Waals surface area contributed by atoms with Crippen molar-refractivity contribution >= 4 is 26.7 Å². The fourth-order valence-corrected chi connectivity index (χ4v) is 3.30. The van der Waals surface area contributed by atoms with Crippen molar-refractivity contribution in [3.05, 3.63) is 58.3 Å². The molecule has 2 aromatic rings. The molecule has 0 saturated heterocycles. The highest BCUT2D eigenvalue weighted by atomic mass is 79.9. The molecule has 2 nitrogen and oxygen atoms in total. The van der Waals surface area contributed by atoms with Crippen LogP contribution in [0.25, 0.3) is 0 Å². The molecule has 5 heteroatoms. The Morgan fingerprint density at radius 1 is 1.21 bits per heavy atom. The maximum absolute atomic E-state index is 12.8. The third-order valence-electron chi connectivity index (χ3n) is 2.62. The van der Waals surface area contributed by atoms with E-state index < -0.39 is 10.8 Å². The number of ether oxygens (including phenoxy) is 1. The zero-order chi connectivity index (χ0) is 13.8. The maximum Gasteiger partial charge on any atom is 0.123 e. The Kier molecular flexibility index (Phi) is 4.71. The number of rotatable bonds is 4. The minimum Gasteiger partial charge on any atom is -0.497 e. The lowest BCUT2D eigenvalue weighted by Gasteiger charge is -2.07. The Hall–Kier alpha value is -1.20. The van der Waals surface area contributed by atoms with Crippen molar-refractivity contribution in [1.82, 2.24) is 0 Å². The van der Waals surface area contributed by atoms with Crippen LogP contribution in [0.3, 0.4) is 0 Å². The second-order valence-electron chi connectivity index (χ2n) is 3.90. The lowest BCUT2D eigenvalue weighted by atomic mass is 10.2. The van der Waals surface area contributed by atoms with Gasteiger partial charge in [0.05, 0.1) is 23.7 Å². The summed E-state index contributed by atoms with van der Waals surface area (Å²) in [4.78, 5) is 0.608. The van der Waals surface area contributed by atoms with Gasteiger partial charge in [0.2, 0.25) is 0 Å². The van der Waals surface area contributed by atoms with Gasteiger partial charge in [0.15, 0.2) is 0 Å². The molecule has 1 atom stereocenters. The predicted octanol–water partition coefficient (Wildman–Crippen LogP) is 3.90. The molecule has 0 fully saturated rings. The first-order valence-electron chi connectivity index (χ1n) is 5.56. The first-order valence-corrected chi connectivity index (χ1v) is 7.67.